The first-order chi connectivity index (χ1) is 15.0. The van der Waals surface area contributed by atoms with Gasteiger partial charge in [-0.2, -0.15) is 0 Å². The highest BCUT2D eigenvalue weighted by Crippen LogP contribution is 2.24. The van der Waals surface area contributed by atoms with E-state index in [1.165, 1.54) is 29.6 Å². The number of aryl methyl sites for hydroxylation is 1. The maximum Gasteiger partial charge on any atom is 0.263 e. The monoisotopic (exact) mass is 436 g/mol. The minimum atomic E-state index is -0.361. The molecule has 3 aromatic rings. The Morgan fingerprint density at radius 3 is 2.90 bits per heavy atom. The normalized spacial score (nSPS) is 13.3. The molecule has 6 nitrogen and oxygen atoms in total. The Balaban J connectivity index is 1.46. The summed E-state index contributed by atoms with van der Waals surface area (Å²) in [4.78, 5) is 35.6. The minimum Gasteiger partial charge on any atom is -0.347 e. The van der Waals surface area contributed by atoms with E-state index in [0.29, 0.717) is 36.5 Å². The molecule has 31 heavy (non-hydrogen) atoms. The van der Waals surface area contributed by atoms with Crippen LogP contribution in [-0.2, 0) is 24.3 Å². The third-order valence-electron chi connectivity index (χ3n) is 5.30. The average Bonchev–Trinajstić information content (AvgIpc) is 3.32. The lowest BCUT2D eigenvalue weighted by Gasteiger charge is -2.30. The number of rotatable bonds is 5. The third kappa shape index (κ3) is 4.69. The highest BCUT2D eigenvalue weighted by atomic mass is 32.1. The molecular weight excluding hydrogens is 415 g/mol. The number of thiazole rings is 1. The number of carbonyl (C=O) groups is 2. The number of amides is 2. The molecule has 1 aliphatic rings. The zero-order valence-electron chi connectivity index (χ0n) is 17.0. The van der Waals surface area contributed by atoms with Crippen LogP contribution in [0.25, 0.3) is 6.08 Å². The second kappa shape index (κ2) is 9.18. The van der Waals surface area contributed by atoms with E-state index in [9.17, 15) is 14.0 Å². The maximum absolute atomic E-state index is 13.8. The highest BCUT2D eigenvalue weighted by Gasteiger charge is 2.23. The van der Waals surface area contributed by atoms with Gasteiger partial charge < -0.3 is 10.2 Å². The SMILES string of the molecule is Cc1ncc2c(c1CNC(=O)c1cncs1)CCN(C(=O)C=Cc1ccccc1F)C2. The summed E-state index contributed by atoms with van der Waals surface area (Å²) in [6, 6.07) is 6.34. The standard InChI is InChI=1S/C23H21FN4O2S/c1-15-19(11-27-23(30)21-12-25-14-31-21)18-8-9-28(13-17(18)10-26-15)22(29)7-6-16-4-2-3-5-20(16)24/h2-7,10,12,14H,8-9,11,13H2,1H3,(H,27,30). The van der Waals surface area contributed by atoms with Crippen LogP contribution in [-0.4, -0.2) is 33.2 Å². The van der Waals surface area contributed by atoms with Gasteiger partial charge in [-0.15, -0.1) is 11.3 Å². The summed E-state index contributed by atoms with van der Waals surface area (Å²) < 4.78 is 13.8. The molecule has 0 unspecified atom stereocenters. The minimum absolute atomic E-state index is 0.162. The number of aromatic nitrogens is 2. The summed E-state index contributed by atoms with van der Waals surface area (Å²) in [5, 5.41) is 2.93. The molecule has 2 aromatic heterocycles. The van der Waals surface area contributed by atoms with Crippen LogP contribution in [0, 0.1) is 12.7 Å². The number of benzene rings is 1. The van der Waals surface area contributed by atoms with Crippen LogP contribution < -0.4 is 5.32 Å². The van der Waals surface area contributed by atoms with Crippen molar-refractivity contribution in [3.8, 4) is 0 Å². The molecule has 1 aliphatic heterocycles. The van der Waals surface area contributed by atoms with Gasteiger partial charge in [0.25, 0.3) is 5.91 Å². The molecule has 0 saturated heterocycles. The number of pyridine rings is 1. The van der Waals surface area contributed by atoms with E-state index in [1.54, 1.807) is 41.0 Å². The summed E-state index contributed by atoms with van der Waals surface area (Å²) in [7, 11) is 0. The van der Waals surface area contributed by atoms with Crippen molar-refractivity contribution in [3.05, 3.63) is 86.9 Å². The Morgan fingerprint density at radius 1 is 1.29 bits per heavy atom. The molecule has 0 spiro atoms. The van der Waals surface area contributed by atoms with Gasteiger partial charge in [0.1, 0.15) is 10.7 Å². The van der Waals surface area contributed by atoms with Gasteiger partial charge in [-0.1, -0.05) is 18.2 Å². The van der Waals surface area contributed by atoms with E-state index in [-0.39, 0.29) is 17.6 Å². The zero-order valence-corrected chi connectivity index (χ0v) is 17.8. The van der Waals surface area contributed by atoms with Crippen molar-refractivity contribution in [1.82, 2.24) is 20.2 Å². The molecule has 0 bridgehead atoms. The number of hydrogen-bond donors (Lipinski definition) is 1. The van der Waals surface area contributed by atoms with Crippen LogP contribution in [0.2, 0.25) is 0 Å². The Bertz CT molecular complexity index is 1140. The lowest BCUT2D eigenvalue weighted by atomic mass is 9.94. The van der Waals surface area contributed by atoms with E-state index in [0.717, 1.165) is 22.4 Å². The van der Waals surface area contributed by atoms with E-state index >= 15 is 0 Å². The summed E-state index contributed by atoms with van der Waals surface area (Å²) >= 11 is 1.29. The number of carbonyl (C=O) groups excluding carboxylic acids is 2. The smallest absolute Gasteiger partial charge is 0.263 e. The molecule has 0 atom stereocenters. The molecule has 1 aromatic carbocycles. The third-order valence-corrected chi connectivity index (χ3v) is 6.07. The fraction of sp³-hybridized carbons (Fsp3) is 0.217. The maximum atomic E-state index is 13.8. The predicted molar refractivity (Wildman–Crippen MR) is 117 cm³/mol. The van der Waals surface area contributed by atoms with Gasteiger partial charge in [0.05, 0.1) is 11.7 Å². The predicted octanol–water partition coefficient (Wildman–Crippen LogP) is 3.51. The van der Waals surface area contributed by atoms with Crippen LogP contribution in [0.3, 0.4) is 0 Å². The quantitative estimate of drug-likeness (QED) is 0.621. The Morgan fingerprint density at radius 2 is 2.13 bits per heavy atom. The van der Waals surface area contributed by atoms with E-state index in [2.05, 4.69) is 15.3 Å². The second-order valence-corrected chi connectivity index (χ2v) is 8.13. The Labute approximate surface area is 183 Å². The van der Waals surface area contributed by atoms with Crippen molar-refractivity contribution in [2.45, 2.75) is 26.4 Å². The van der Waals surface area contributed by atoms with Gasteiger partial charge in [0.2, 0.25) is 5.91 Å². The van der Waals surface area contributed by atoms with E-state index < -0.39 is 0 Å². The van der Waals surface area contributed by atoms with Crippen molar-refractivity contribution < 1.29 is 14.0 Å². The molecule has 0 fully saturated rings. The first-order valence-electron chi connectivity index (χ1n) is 9.87. The molecule has 158 valence electrons. The van der Waals surface area contributed by atoms with Crippen LogP contribution >= 0.6 is 11.3 Å². The van der Waals surface area contributed by atoms with E-state index in [4.69, 9.17) is 0 Å². The second-order valence-electron chi connectivity index (χ2n) is 7.24. The first-order valence-corrected chi connectivity index (χ1v) is 10.8. The van der Waals surface area contributed by atoms with Crippen LogP contribution in [0.5, 0.6) is 0 Å². The molecular formula is C23H21FN4O2S. The number of fused-ring (bicyclic) bond motifs is 1. The zero-order chi connectivity index (χ0) is 21.8. The molecule has 0 aliphatic carbocycles. The van der Waals surface area contributed by atoms with Gasteiger partial charge in [0, 0.05) is 43.2 Å². The number of nitrogens with one attached hydrogen (secondary N) is 1. The van der Waals surface area contributed by atoms with Gasteiger partial charge in [-0.3, -0.25) is 19.6 Å². The molecule has 8 heteroatoms. The molecule has 0 radical (unpaired) electrons. The summed E-state index contributed by atoms with van der Waals surface area (Å²) in [6.07, 6.45) is 6.91. The van der Waals surface area contributed by atoms with Gasteiger partial charge in [0.15, 0.2) is 0 Å². The van der Waals surface area contributed by atoms with Gasteiger partial charge in [-0.05, 0) is 42.2 Å². The molecule has 4 rings (SSSR count). The summed E-state index contributed by atoms with van der Waals surface area (Å²) in [5.41, 5.74) is 5.94. The molecule has 3 heterocycles. The Kier molecular flexibility index (Phi) is 6.18. The van der Waals surface area contributed by atoms with Crippen molar-refractivity contribution in [2.24, 2.45) is 0 Å². The summed E-state index contributed by atoms with van der Waals surface area (Å²) in [6.45, 7) is 3.27. The van der Waals surface area contributed by atoms with Gasteiger partial charge in [-0.25, -0.2) is 4.39 Å². The Hall–Kier alpha value is -3.39. The van der Waals surface area contributed by atoms with Crippen molar-refractivity contribution in [1.29, 1.82) is 0 Å². The molecule has 2 amide bonds. The summed E-state index contributed by atoms with van der Waals surface area (Å²) in [5.74, 6) is -0.694. The fourth-order valence-electron chi connectivity index (χ4n) is 3.61. The number of nitrogens with zero attached hydrogens (tertiary/aromatic N) is 3. The number of halogens is 1. The van der Waals surface area contributed by atoms with Crippen LogP contribution in [0.15, 0.2) is 48.2 Å². The number of hydrogen-bond acceptors (Lipinski definition) is 5. The van der Waals surface area contributed by atoms with Crippen LogP contribution in [0.1, 0.15) is 37.6 Å². The van der Waals surface area contributed by atoms with Gasteiger partial charge >= 0.3 is 0 Å². The molecule has 1 N–H and O–H groups in total. The van der Waals surface area contributed by atoms with Crippen molar-refractivity contribution >= 4 is 29.2 Å². The lowest BCUT2D eigenvalue weighted by Crippen LogP contribution is -2.36. The topological polar surface area (TPSA) is 75.2 Å². The molecule has 0 saturated carbocycles. The van der Waals surface area contributed by atoms with Crippen LogP contribution in [0.4, 0.5) is 4.39 Å². The lowest BCUT2D eigenvalue weighted by molar-refractivity contribution is -0.126. The largest absolute Gasteiger partial charge is 0.347 e. The fourth-order valence-corrected chi connectivity index (χ4v) is 4.14. The van der Waals surface area contributed by atoms with Crippen molar-refractivity contribution in [2.75, 3.05) is 6.54 Å². The average molecular weight is 437 g/mol. The first kappa shape index (κ1) is 20.9. The van der Waals surface area contributed by atoms with E-state index in [1.807, 2.05) is 6.92 Å². The highest BCUT2D eigenvalue weighted by molar-refractivity contribution is 7.11. The van der Waals surface area contributed by atoms with Crippen molar-refractivity contribution in [3.63, 3.8) is 0 Å².